The second-order valence-corrected chi connectivity index (χ2v) is 4.79. The van der Waals surface area contributed by atoms with Crippen LogP contribution in [0.25, 0.3) is 5.82 Å². The highest BCUT2D eigenvalue weighted by Crippen LogP contribution is 2.23. The van der Waals surface area contributed by atoms with Crippen molar-refractivity contribution in [2.75, 3.05) is 7.05 Å². The number of aryl methyl sites for hydroxylation is 2. The molecule has 4 nitrogen and oxygen atoms in total. The lowest BCUT2D eigenvalue weighted by atomic mass is 10.2. The van der Waals surface area contributed by atoms with Gasteiger partial charge in [-0.25, -0.2) is 9.67 Å². The van der Waals surface area contributed by atoms with E-state index in [-0.39, 0.29) is 0 Å². The summed E-state index contributed by atoms with van der Waals surface area (Å²) in [6.45, 7) is 6.69. The van der Waals surface area contributed by atoms with E-state index in [1.165, 1.54) is 0 Å². The van der Waals surface area contributed by atoms with Gasteiger partial charge in [0.15, 0.2) is 5.82 Å². The molecule has 0 aliphatic heterocycles. The maximum atomic E-state index is 6.16. The van der Waals surface area contributed by atoms with Gasteiger partial charge in [0.25, 0.3) is 0 Å². The summed E-state index contributed by atoms with van der Waals surface area (Å²) in [7, 11) is 1.92. The first kappa shape index (κ1) is 13.1. The van der Waals surface area contributed by atoms with Crippen LogP contribution in [0.5, 0.6) is 0 Å². The second-order valence-electron chi connectivity index (χ2n) is 4.41. The highest BCUT2D eigenvalue weighted by Gasteiger charge is 2.13. The molecular weight excluding hydrogens is 248 g/mol. The van der Waals surface area contributed by atoms with Gasteiger partial charge in [0.2, 0.25) is 0 Å². The molecule has 0 radical (unpaired) electrons. The molecule has 2 rings (SSSR count). The number of hydrogen-bond donors (Lipinski definition) is 1. The van der Waals surface area contributed by atoms with Crippen molar-refractivity contribution >= 4 is 11.6 Å². The van der Waals surface area contributed by atoms with Gasteiger partial charge in [0, 0.05) is 12.7 Å². The summed E-state index contributed by atoms with van der Waals surface area (Å²) in [6.07, 6.45) is 1.86. The van der Waals surface area contributed by atoms with Gasteiger partial charge < -0.3 is 5.32 Å². The maximum Gasteiger partial charge on any atom is 0.156 e. The Kier molecular flexibility index (Phi) is 3.68. The molecule has 0 saturated carbocycles. The Morgan fingerprint density at radius 2 is 2.06 bits per heavy atom. The molecule has 0 atom stereocenters. The smallest absolute Gasteiger partial charge is 0.156 e. The molecule has 2 heterocycles. The monoisotopic (exact) mass is 264 g/mol. The highest BCUT2D eigenvalue weighted by atomic mass is 35.5. The number of aromatic nitrogens is 3. The fourth-order valence-corrected chi connectivity index (χ4v) is 2.10. The minimum atomic E-state index is 0.704. The quantitative estimate of drug-likeness (QED) is 0.927. The standard InChI is InChI=1S/C13H17ClN4/c1-8-5-11(6-15-4)7-16-13(8)18-10(3)12(14)9(2)17-18/h5,7,15H,6H2,1-4H3. The van der Waals surface area contributed by atoms with Gasteiger partial charge in [-0.2, -0.15) is 5.10 Å². The summed E-state index contributed by atoms with van der Waals surface area (Å²) in [6, 6.07) is 2.11. The first-order valence-corrected chi connectivity index (χ1v) is 6.24. The summed E-state index contributed by atoms with van der Waals surface area (Å²) in [5, 5.41) is 8.24. The number of rotatable bonds is 3. The summed E-state index contributed by atoms with van der Waals surface area (Å²) in [5.41, 5.74) is 4.00. The summed E-state index contributed by atoms with van der Waals surface area (Å²) in [4.78, 5) is 4.48. The van der Waals surface area contributed by atoms with Crippen LogP contribution in [-0.2, 0) is 6.54 Å². The fourth-order valence-electron chi connectivity index (χ4n) is 1.98. The number of pyridine rings is 1. The van der Waals surface area contributed by atoms with E-state index in [1.54, 1.807) is 4.68 Å². The van der Waals surface area contributed by atoms with Crippen LogP contribution >= 0.6 is 11.6 Å². The van der Waals surface area contributed by atoms with E-state index in [9.17, 15) is 0 Å². The van der Waals surface area contributed by atoms with Crippen LogP contribution < -0.4 is 5.32 Å². The van der Waals surface area contributed by atoms with Crippen molar-refractivity contribution in [3.63, 3.8) is 0 Å². The Labute approximate surface area is 112 Å². The molecule has 0 aromatic carbocycles. The van der Waals surface area contributed by atoms with E-state index in [1.807, 2.05) is 34.0 Å². The zero-order chi connectivity index (χ0) is 13.3. The summed E-state index contributed by atoms with van der Waals surface area (Å²) in [5.74, 6) is 0.836. The highest BCUT2D eigenvalue weighted by molar-refractivity contribution is 6.31. The zero-order valence-corrected chi connectivity index (χ0v) is 11.8. The van der Waals surface area contributed by atoms with Crippen molar-refractivity contribution in [3.8, 4) is 5.82 Å². The lowest BCUT2D eigenvalue weighted by Gasteiger charge is -2.09. The average Bonchev–Trinajstić information content (AvgIpc) is 2.58. The molecule has 0 aliphatic carbocycles. The van der Waals surface area contributed by atoms with Crippen LogP contribution in [0.3, 0.4) is 0 Å². The van der Waals surface area contributed by atoms with Crippen LogP contribution in [0.4, 0.5) is 0 Å². The third-order valence-corrected chi connectivity index (χ3v) is 3.44. The fraction of sp³-hybridized carbons (Fsp3) is 0.385. The molecule has 2 aromatic heterocycles. The molecule has 0 spiro atoms. The third-order valence-electron chi connectivity index (χ3n) is 2.89. The van der Waals surface area contributed by atoms with E-state index in [0.717, 1.165) is 34.9 Å². The van der Waals surface area contributed by atoms with Gasteiger partial charge >= 0.3 is 0 Å². The minimum absolute atomic E-state index is 0.704. The largest absolute Gasteiger partial charge is 0.316 e. The number of halogens is 1. The van der Waals surface area contributed by atoms with Gasteiger partial charge in [0.1, 0.15) is 0 Å². The van der Waals surface area contributed by atoms with Crippen molar-refractivity contribution in [1.29, 1.82) is 0 Å². The Hall–Kier alpha value is -1.39. The van der Waals surface area contributed by atoms with Gasteiger partial charge in [0.05, 0.1) is 16.4 Å². The van der Waals surface area contributed by atoms with E-state index in [0.29, 0.717) is 5.02 Å². The topological polar surface area (TPSA) is 42.7 Å². The van der Waals surface area contributed by atoms with Crippen molar-refractivity contribution in [1.82, 2.24) is 20.1 Å². The number of hydrogen-bond acceptors (Lipinski definition) is 3. The molecule has 2 aromatic rings. The Morgan fingerprint density at radius 1 is 1.33 bits per heavy atom. The summed E-state index contributed by atoms with van der Waals surface area (Å²) >= 11 is 6.16. The lowest BCUT2D eigenvalue weighted by molar-refractivity contribution is 0.781. The second kappa shape index (κ2) is 5.08. The Bertz CT molecular complexity index is 575. The SMILES string of the molecule is CNCc1cnc(-n2nc(C)c(Cl)c2C)c(C)c1. The molecule has 0 aliphatic rings. The molecule has 96 valence electrons. The molecule has 0 bridgehead atoms. The van der Waals surface area contributed by atoms with E-state index in [4.69, 9.17) is 11.6 Å². The predicted molar refractivity (Wildman–Crippen MR) is 73.3 cm³/mol. The molecule has 18 heavy (non-hydrogen) atoms. The molecular formula is C13H17ClN4. The number of nitrogens with zero attached hydrogens (tertiary/aromatic N) is 3. The maximum absolute atomic E-state index is 6.16. The molecule has 0 saturated heterocycles. The Balaban J connectivity index is 2.48. The van der Waals surface area contributed by atoms with Crippen LogP contribution in [0.1, 0.15) is 22.5 Å². The Morgan fingerprint density at radius 3 is 2.56 bits per heavy atom. The van der Waals surface area contributed by atoms with Crippen molar-refractivity contribution in [3.05, 3.63) is 39.8 Å². The van der Waals surface area contributed by atoms with Crippen molar-refractivity contribution in [2.24, 2.45) is 0 Å². The average molecular weight is 265 g/mol. The van der Waals surface area contributed by atoms with Crippen molar-refractivity contribution in [2.45, 2.75) is 27.3 Å². The van der Waals surface area contributed by atoms with Crippen molar-refractivity contribution < 1.29 is 0 Å². The first-order chi connectivity index (χ1) is 8.54. The predicted octanol–water partition coefficient (Wildman–Crippen LogP) is 2.57. The van der Waals surface area contributed by atoms with Gasteiger partial charge in [-0.1, -0.05) is 11.6 Å². The van der Waals surface area contributed by atoms with Crippen LogP contribution in [-0.4, -0.2) is 21.8 Å². The minimum Gasteiger partial charge on any atom is -0.316 e. The lowest BCUT2D eigenvalue weighted by Crippen LogP contribution is -2.09. The summed E-state index contributed by atoms with van der Waals surface area (Å²) < 4.78 is 1.80. The molecule has 5 heteroatoms. The molecule has 1 N–H and O–H groups in total. The van der Waals surface area contributed by atoms with E-state index >= 15 is 0 Å². The zero-order valence-electron chi connectivity index (χ0n) is 11.1. The van der Waals surface area contributed by atoms with Gasteiger partial charge in [-0.05, 0) is 45.0 Å². The molecule has 0 unspecified atom stereocenters. The first-order valence-electron chi connectivity index (χ1n) is 5.86. The molecule has 0 amide bonds. The van der Waals surface area contributed by atoms with Gasteiger partial charge in [-0.15, -0.1) is 0 Å². The third kappa shape index (κ3) is 2.26. The van der Waals surface area contributed by atoms with Crippen LogP contribution in [0.15, 0.2) is 12.3 Å². The van der Waals surface area contributed by atoms with E-state index in [2.05, 4.69) is 21.5 Å². The van der Waals surface area contributed by atoms with Gasteiger partial charge in [-0.3, -0.25) is 0 Å². The van der Waals surface area contributed by atoms with Crippen LogP contribution in [0, 0.1) is 20.8 Å². The molecule has 0 fully saturated rings. The number of nitrogens with one attached hydrogen (secondary N) is 1. The normalized spacial score (nSPS) is 10.9. The van der Waals surface area contributed by atoms with Crippen LogP contribution in [0.2, 0.25) is 5.02 Å². The van der Waals surface area contributed by atoms with E-state index < -0.39 is 0 Å².